The molecule has 0 aliphatic heterocycles. The van der Waals surface area contributed by atoms with Crippen LogP contribution in [0.1, 0.15) is 55.2 Å². The lowest BCUT2D eigenvalue weighted by atomic mass is 9.81. The molecule has 0 saturated heterocycles. The number of carbonyl (C=O) groups excluding carboxylic acids is 2. The Morgan fingerprint density at radius 2 is 1.86 bits per heavy atom. The minimum Gasteiger partial charge on any atom is -0.448 e. The van der Waals surface area contributed by atoms with Crippen LogP contribution in [0.15, 0.2) is 30.3 Å². The van der Waals surface area contributed by atoms with E-state index in [1.165, 1.54) is 16.6 Å². The van der Waals surface area contributed by atoms with E-state index >= 15 is 0 Å². The highest BCUT2D eigenvalue weighted by atomic mass is 16.5. The van der Waals surface area contributed by atoms with Crippen LogP contribution in [0.25, 0.3) is 5.69 Å². The summed E-state index contributed by atoms with van der Waals surface area (Å²) < 4.78 is 5.37. The van der Waals surface area contributed by atoms with E-state index in [4.69, 9.17) is 4.74 Å². The highest BCUT2D eigenvalue weighted by molar-refractivity contribution is 5.91. The number of ether oxygens (including phenoxy) is 1. The standard InChI is InChI=1S/C21H25N5O3/c1-15-18(24-26(23-15)17-10-6-4-7-11-17)20(28)29-16(2)19(27)25(3)21(14-22)12-8-5-9-13-21/h4,6-7,10-11,16H,5,8-9,12-13H2,1-3H3/t16-/m0/s1. The third-order valence-electron chi connectivity index (χ3n) is 5.46. The average molecular weight is 395 g/mol. The lowest BCUT2D eigenvalue weighted by Gasteiger charge is -2.39. The number of likely N-dealkylation sites (N-methyl/N-ethyl adjacent to an activating group) is 1. The van der Waals surface area contributed by atoms with Gasteiger partial charge in [0.05, 0.1) is 17.5 Å². The molecule has 1 saturated carbocycles. The van der Waals surface area contributed by atoms with E-state index in [0.29, 0.717) is 24.2 Å². The summed E-state index contributed by atoms with van der Waals surface area (Å²) in [6.45, 7) is 3.18. The maximum atomic E-state index is 12.8. The van der Waals surface area contributed by atoms with Gasteiger partial charge in [0.25, 0.3) is 5.91 Å². The molecule has 8 nitrogen and oxygen atoms in total. The molecule has 1 fully saturated rings. The van der Waals surface area contributed by atoms with Crippen molar-refractivity contribution < 1.29 is 14.3 Å². The van der Waals surface area contributed by atoms with Crippen molar-refractivity contribution in [1.82, 2.24) is 19.9 Å². The molecule has 1 amide bonds. The first-order valence-electron chi connectivity index (χ1n) is 9.77. The van der Waals surface area contributed by atoms with E-state index in [0.717, 1.165) is 19.3 Å². The third-order valence-corrected chi connectivity index (χ3v) is 5.46. The minimum atomic E-state index is -1.03. The monoisotopic (exact) mass is 395 g/mol. The third kappa shape index (κ3) is 4.14. The zero-order valence-electron chi connectivity index (χ0n) is 17.0. The normalized spacial score (nSPS) is 16.5. The molecule has 1 heterocycles. The Balaban J connectivity index is 1.71. The summed E-state index contributed by atoms with van der Waals surface area (Å²) in [5, 5.41) is 18.1. The summed E-state index contributed by atoms with van der Waals surface area (Å²) in [4.78, 5) is 28.2. The predicted octanol–water partition coefficient (Wildman–Crippen LogP) is 2.81. The number of hydrogen-bond donors (Lipinski definition) is 0. The molecule has 0 radical (unpaired) electrons. The van der Waals surface area contributed by atoms with Gasteiger partial charge in [-0.15, -0.1) is 5.10 Å². The Bertz CT molecular complexity index is 926. The number of esters is 1. The van der Waals surface area contributed by atoms with Crippen LogP contribution in [-0.4, -0.2) is 50.5 Å². The van der Waals surface area contributed by atoms with Gasteiger partial charge in [0.2, 0.25) is 0 Å². The number of carbonyl (C=O) groups is 2. The van der Waals surface area contributed by atoms with Crippen molar-refractivity contribution in [2.24, 2.45) is 0 Å². The van der Waals surface area contributed by atoms with Crippen molar-refractivity contribution in [3.8, 4) is 11.8 Å². The fourth-order valence-electron chi connectivity index (χ4n) is 3.65. The highest BCUT2D eigenvalue weighted by Crippen LogP contribution is 2.33. The van der Waals surface area contributed by atoms with E-state index in [2.05, 4.69) is 16.3 Å². The molecule has 8 heteroatoms. The zero-order chi connectivity index (χ0) is 21.0. The quantitative estimate of drug-likeness (QED) is 0.722. The second-order valence-corrected chi connectivity index (χ2v) is 7.41. The van der Waals surface area contributed by atoms with Gasteiger partial charge in [0.15, 0.2) is 11.8 Å². The van der Waals surface area contributed by atoms with Crippen LogP contribution in [0.3, 0.4) is 0 Å². The van der Waals surface area contributed by atoms with Gasteiger partial charge in [-0.25, -0.2) is 4.79 Å². The van der Waals surface area contributed by atoms with Crippen molar-refractivity contribution in [2.75, 3.05) is 7.05 Å². The number of benzene rings is 1. The first-order valence-corrected chi connectivity index (χ1v) is 9.77. The summed E-state index contributed by atoms with van der Waals surface area (Å²) >= 11 is 0. The van der Waals surface area contributed by atoms with Gasteiger partial charge in [0.1, 0.15) is 5.54 Å². The van der Waals surface area contributed by atoms with Gasteiger partial charge in [0, 0.05) is 7.05 Å². The SMILES string of the molecule is Cc1nn(-c2ccccc2)nc1C(=O)O[C@@H](C)C(=O)N(C)C1(C#N)CCCCC1. The summed E-state index contributed by atoms with van der Waals surface area (Å²) in [6.07, 6.45) is 3.11. The number of nitrogens with zero attached hydrogens (tertiary/aromatic N) is 5. The first-order chi connectivity index (χ1) is 13.9. The van der Waals surface area contributed by atoms with Gasteiger partial charge in [-0.3, -0.25) is 4.79 Å². The minimum absolute atomic E-state index is 0.0591. The van der Waals surface area contributed by atoms with Gasteiger partial charge >= 0.3 is 5.97 Å². The largest absolute Gasteiger partial charge is 0.448 e. The number of aryl methyl sites for hydroxylation is 1. The van der Waals surface area contributed by atoms with Gasteiger partial charge < -0.3 is 9.64 Å². The molecule has 1 atom stereocenters. The second kappa shape index (κ2) is 8.43. The summed E-state index contributed by atoms with van der Waals surface area (Å²) in [5.41, 5.74) is 0.353. The lowest BCUT2D eigenvalue weighted by Crippen LogP contribution is -2.53. The number of aromatic nitrogens is 3. The summed E-state index contributed by atoms with van der Waals surface area (Å²) in [7, 11) is 1.61. The number of nitriles is 1. The topological polar surface area (TPSA) is 101 Å². The van der Waals surface area contributed by atoms with Crippen LogP contribution in [0.4, 0.5) is 0 Å². The number of rotatable bonds is 5. The fraction of sp³-hybridized carbons (Fsp3) is 0.476. The Labute approximate surface area is 170 Å². The molecule has 0 bridgehead atoms. The van der Waals surface area contributed by atoms with E-state index in [-0.39, 0.29) is 5.69 Å². The maximum Gasteiger partial charge on any atom is 0.361 e. The van der Waals surface area contributed by atoms with Crippen molar-refractivity contribution >= 4 is 11.9 Å². The Morgan fingerprint density at radius 1 is 1.21 bits per heavy atom. The molecule has 0 spiro atoms. The highest BCUT2D eigenvalue weighted by Gasteiger charge is 2.41. The molecular formula is C21H25N5O3. The number of amides is 1. The molecule has 0 unspecified atom stereocenters. The van der Waals surface area contributed by atoms with Gasteiger partial charge in [-0.1, -0.05) is 37.5 Å². The molecule has 0 N–H and O–H groups in total. The molecule has 1 aliphatic rings. The van der Waals surface area contributed by atoms with Crippen molar-refractivity contribution in [1.29, 1.82) is 5.26 Å². The first kappa shape index (κ1) is 20.5. The summed E-state index contributed by atoms with van der Waals surface area (Å²) in [5.74, 6) is -1.11. The lowest BCUT2D eigenvalue weighted by molar-refractivity contribution is -0.143. The van der Waals surface area contributed by atoms with Crippen LogP contribution < -0.4 is 0 Å². The van der Waals surface area contributed by atoms with Crippen LogP contribution in [-0.2, 0) is 9.53 Å². The Kier molecular flexibility index (Phi) is 5.97. The molecule has 3 rings (SSSR count). The van der Waals surface area contributed by atoms with E-state index in [1.807, 2.05) is 30.3 Å². The van der Waals surface area contributed by atoms with E-state index < -0.39 is 23.5 Å². The second-order valence-electron chi connectivity index (χ2n) is 7.41. The van der Waals surface area contributed by atoms with Crippen molar-refractivity contribution in [3.05, 3.63) is 41.7 Å². The molecule has 1 aliphatic carbocycles. The van der Waals surface area contributed by atoms with Gasteiger partial charge in [-0.05, 0) is 38.8 Å². The Morgan fingerprint density at radius 3 is 2.48 bits per heavy atom. The van der Waals surface area contributed by atoms with Crippen LogP contribution >= 0.6 is 0 Å². The number of para-hydroxylation sites is 1. The number of hydrogen-bond acceptors (Lipinski definition) is 6. The van der Waals surface area contributed by atoms with Crippen LogP contribution in [0.5, 0.6) is 0 Å². The molecule has 152 valence electrons. The summed E-state index contributed by atoms with van der Waals surface area (Å²) in [6, 6.07) is 11.5. The fourth-order valence-corrected chi connectivity index (χ4v) is 3.65. The molecular weight excluding hydrogens is 370 g/mol. The predicted molar refractivity (Wildman–Crippen MR) is 105 cm³/mol. The van der Waals surface area contributed by atoms with Crippen molar-refractivity contribution in [3.63, 3.8) is 0 Å². The average Bonchev–Trinajstić information content (AvgIpc) is 3.15. The van der Waals surface area contributed by atoms with E-state index in [1.54, 1.807) is 14.0 Å². The molecule has 1 aromatic carbocycles. The molecule has 29 heavy (non-hydrogen) atoms. The van der Waals surface area contributed by atoms with Crippen LogP contribution in [0.2, 0.25) is 0 Å². The van der Waals surface area contributed by atoms with Crippen LogP contribution in [0, 0.1) is 18.3 Å². The van der Waals surface area contributed by atoms with E-state index in [9.17, 15) is 14.9 Å². The maximum absolute atomic E-state index is 12.8. The smallest absolute Gasteiger partial charge is 0.361 e. The van der Waals surface area contributed by atoms with Gasteiger partial charge in [-0.2, -0.15) is 15.2 Å². The Hall–Kier alpha value is -3.21. The zero-order valence-corrected chi connectivity index (χ0v) is 17.0. The molecule has 1 aromatic heterocycles. The van der Waals surface area contributed by atoms with Crippen molar-refractivity contribution in [2.45, 2.75) is 57.6 Å². The molecule has 2 aromatic rings.